The van der Waals surface area contributed by atoms with Crippen LogP contribution in [0.3, 0.4) is 0 Å². The third-order valence-corrected chi connectivity index (χ3v) is 5.67. The maximum Gasteiger partial charge on any atom is 0.325 e. The van der Waals surface area contributed by atoms with E-state index in [4.69, 9.17) is 0 Å². The molecule has 1 aliphatic rings. The Hall–Kier alpha value is -2.09. The van der Waals surface area contributed by atoms with E-state index >= 15 is 0 Å². The summed E-state index contributed by atoms with van der Waals surface area (Å²) in [5.41, 5.74) is 0.832. The maximum absolute atomic E-state index is 12.7. The predicted molar refractivity (Wildman–Crippen MR) is 96.2 cm³/mol. The molecule has 1 amide bonds. The lowest BCUT2D eigenvalue weighted by atomic mass is 9.86. The second-order valence-corrected chi connectivity index (χ2v) is 8.44. The summed E-state index contributed by atoms with van der Waals surface area (Å²) in [5.74, 6) is -0.683. The lowest BCUT2D eigenvalue weighted by Crippen LogP contribution is -2.39. The average molecular weight is 368 g/mol. The monoisotopic (exact) mass is 368 g/mol. The molecule has 1 aromatic rings. The van der Waals surface area contributed by atoms with Gasteiger partial charge in [0.2, 0.25) is 15.9 Å². The van der Waals surface area contributed by atoms with Crippen LogP contribution in [-0.2, 0) is 29.8 Å². The van der Waals surface area contributed by atoms with Crippen molar-refractivity contribution in [3.05, 3.63) is 23.8 Å². The van der Waals surface area contributed by atoms with Gasteiger partial charge in [-0.2, -0.15) is 0 Å². The zero-order valence-corrected chi connectivity index (χ0v) is 15.8. The number of hydrogen-bond donors (Lipinski definition) is 1. The summed E-state index contributed by atoms with van der Waals surface area (Å²) in [6.07, 6.45) is 1.37. The van der Waals surface area contributed by atoms with Crippen molar-refractivity contribution in [3.8, 4) is 0 Å². The smallest absolute Gasteiger partial charge is 0.325 e. The van der Waals surface area contributed by atoms with Crippen LogP contribution in [0.15, 0.2) is 18.2 Å². The lowest BCUT2D eigenvalue weighted by Gasteiger charge is -2.19. The van der Waals surface area contributed by atoms with Crippen LogP contribution in [0.5, 0.6) is 0 Å². The summed E-state index contributed by atoms with van der Waals surface area (Å²) >= 11 is 0. The van der Waals surface area contributed by atoms with Gasteiger partial charge >= 0.3 is 5.97 Å². The normalized spacial score (nSPS) is 15.8. The van der Waals surface area contributed by atoms with Gasteiger partial charge in [0.15, 0.2) is 0 Å². The molecule has 0 atom stereocenters. The molecular weight excluding hydrogens is 344 g/mol. The number of benzene rings is 1. The van der Waals surface area contributed by atoms with Crippen molar-refractivity contribution in [2.45, 2.75) is 39.0 Å². The SMILES string of the molecule is CCCCS(=O)(=O)Nc1ccc2c(c1)C(C)(C)C(=O)N2CC(=O)OC. The molecule has 0 fully saturated rings. The van der Waals surface area contributed by atoms with Gasteiger partial charge in [0.05, 0.1) is 18.3 Å². The zero-order chi connectivity index (χ0) is 18.8. The van der Waals surface area contributed by atoms with Crippen molar-refractivity contribution in [1.29, 1.82) is 0 Å². The largest absolute Gasteiger partial charge is 0.468 e. The highest BCUT2D eigenvalue weighted by atomic mass is 32.2. The Morgan fingerprint density at radius 1 is 1.32 bits per heavy atom. The first kappa shape index (κ1) is 19.2. The van der Waals surface area contributed by atoms with Gasteiger partial charge < -0.3 is 9.64 Å². The van der Waals surface area contributed by atoms with Crippen LogP contribution in [-0.4, -0.2) is 39.7 Å². The summed E-state index contributed by atoms with van der Waals surface area (Å²) < 4.78 is 31.4. The van der Waals surface area contributed by atoms with E-state index in [2.05, 4.69) is 9.46 Å². The Morgan fingerprint density at radius 2 is 2.00 bits per heavy atom. The van der Waals surface area contributed by atoms with Gasteiger partial charge in [-0.15, -0.1) is 0 Å². The molecule has 8 heteroatoms. The molecule has 0 radical (unpaired) electrons. The van der Waals surface area contributed by atoms with E-state index in [1.165, 1.54) is 12.0 Å². The van der Waals surface area contributed by atoms with E-state index in [0.29, 0.717) is 23.4 Å². The Bertz CT molecular complexity index is 786. The van der Waals surface area contributed by atoms with Crippen LogP contribution in [0, 0.1) is 0 Å². The highest BCUT2D eigenvalue weighted by Crippen LogP contribution is 2.42. The Kier molecular flexibility index (Phi) is 5.41. The van der Waals surface area contributed by atoms with Crippen LogP contribution in [0.2, 0.25) is 0 Å². The van der Waals surface area contributed by atoms with Crippen molar-refractivity contribution in [2.75, 3.05) is 29.0 Å². The second kappa shape index (κ2) is 7.03. The summed E-state index contributed by atoms with van der Waals surface area (Å²) in [6.45, 7) is 5.25. The van der Waals surface area contributed by atoms with Gasteiger partial charge in [-0.25, -0.2) is 8.42 Å². The molecule has 138 valence electrons. The summed E-state index contributed by atoms with van der Waals surface area (Å²) in [6, 6.07) is 4.91. The highest BCUT2D eigenvalue weighted by molar-refractivity contribution is 7.92. The number of anilines is 2. The van der Waals surface area contributed by atoms with Crippen molar-refractivity contribution >= 4 is 33.3 Å². The molecule has 0 unspecified atom stereocenters. The number of nitrogens with one attached hydrogen (secondary N) is 1. The van der Waals surface area contributed by atoms with Crippen LogP contribution in [0.25, 0.3) is 0 Å². The van der Waals surface area contributed by atoms with E-state index in [0.717, 1.165) is 6.42 Å². The van der Waals surface area contributed by atoms with Gasteiger partial charge in [-0.3, -0.25) is 14.3 Å². The molecular formula is C17H24N2O5S. The number of fused-ring (bicyclic) bond motifs is 1. The van der Waals surface area contributed by atoms with Crippen LogP contribution >= 0.6 is 0 Å². The Morgan fingerprint density at radius 3 is 2.60 bits per heavy atom. The first-order valence-corrected chi connectivity index (χ1v) is 9.81. The van der Waals surface area contributed by atoms with Crippen molar-refractivity contribution in [1.82, 2.24) is 0 Å². The second-order valence-electron chi connectivity index (χ2n) is 6.60. The minimum absolute atomic E-state index is 0.0530. The van der Waals surface area contributed by atoms with Crippen molar-refractivity contribution < 1.29 is 22.7 Å². The molecule has 2 rings (SSSR count). The van der Waals surface area contributed by atoms with Gasteiger partial charge in [0.1, 0.15) is 6.54 Å². The number of amides is 1. The summed E-state index contributed by atoms with van der Waals surface area (Å²) in [4.78, 5) is 25.6. The van der Waals surface area contributed by atoms with Crippen LogP contribution in [0.4, 0.5) is 11.4 Å². The fourth-order valence-corrected chi connectivity index (χ4v) is 4.07. The molecule has 0 spiro atoms. The number of nitrogens with zero attached hydrogens (tertiary/aromatic N) is 1. The zero-order valence-electron chi connectivity index (χ0n) is 15.0. The molecule has 0 saturated heterocycles. The molecule has 7 nitrogen and oxygen atoms in total. The number of methoxy groups -OCH3 is 1. The first-order chi connectivity index (χ1) is 11.6. The predicted octanol–water partition coefficient (Wildman–Crippen LogP) is 2.03. The molecule has 0 aliphatic carbocycles. The van der Waals surface area contributed by atoms with Gasteiger partial charge in [0, 0.05) is 11.4 Å². The van der Waals surface area contributed by atoms with E-state index in [1.807, 2.05) is 6.92 Å². The Balaban J connectivity index is 2.34. The fraction of sp³-hybridized carbons (Fsp3) is 0.529. The number of sulfonamides is 1. The van der Waals surface area contributed by atoms with Crippen LogP contribution in [0.1, 0.15) is 39.2 Å². The third kappa shape index (κ3) is 3.95. The number of unbranched alkanes of at least 4 members (excludes halogenated alkanes) is 1. The number of rotatable bonds is 7. The van der Waals surface area contributed by atoms with E-state index in [9.17, 15) is 18.0 Å². The lowest BCUT2D eigenvalue weighted by molar-refractivity contribution is -0.140. The average Bonchev–Trinajstić information content (AvgIpc) is 2.73. The van der Waals surface area contributed by atoms with E-state index < -0.39 is 21.4 Å². The quantitative estimate of drug-likeness (QED) is 0.743. The molecule has 25 heavy (non-hydrogen) atoms. The molecule has 1 heterocycles. The highest BCUT2D eigenvalue weighted by Gasteiger charge is 2.44. The molecule has 1 aromatic carbocycles. The standard InChI is InChI=1S/C17H24N2O5S/c1-5-6-9-25(22,23)18-12-7-8-14-13(10-12)17(2,3)16(21)19(14)11-15(20)24-4/h7-8,10,18H,5-6,9,11H2,1-4H3. The summed E-state index contributed by atoms with van der Waals surface area (Å²) in [5, 5.41) is 0. The van der Waals surface area contributed by atoms with Crippen LogP contribution < -0.4 is 9.62 Å². The number of carbonyl (C=O) groups excluding carboxylic acids is 2. The van der Waals surface area contributed by atoms with E-state index in [-0.39, 0.29) is 18.2 Å². The third-order valence-electron chi connectivity index (χ3n) is 4.30. The Labute approximate surface area is 148 Å². The minimum atomic E-state index is -3.42. The maximum atomic E-state index is 12.7. The van der Waals surface area contributed by atoms with Crippen molar-refractivity contribution in [2.24, 2.45) is 0 Å². The minimum Gasteiger partial charge on any atom is -0.468 e. The first-order valence-electron chi connectivity index (χ1n) is 8.16. The molecule has 0 saturated carbocycles. The molecule has 1 aliphatic heterocycles. The molecule has 0 bridgehead atoms. The molecule has 0 aromatic heterocycles. The molecule has 1 N–H and O–H groups in total. The number of carbonyl (C=O) groups is 2. The van der Waals surface area contributed by atoms with Gasteiger partial charge in [0.25, 0.3) is 0 Å². The van der Waals surface area contributed by atoms with E-state index in [1.54, 1.807) is 32.0 Å². The summed E-state index contributed by atoms with van der Waals surface area (Å²) in [7, 11) is -2.16. The van der Waals surface area contributed by atoms with Gasteiger partial charge in [-0.05, 0) is 44.0 Å². The van der Waals surface area contributed by atoms with Gasteiger partial charge in [-0.1, -0.05) is 13.3 Å². The number of esters is 1. The number of ether oxygens (including phenoxy) is 1. The topological polar surface area (TPSA) is 92.8 Å². The van der Waals surface area contributed by atoms with Crippen molar-refractivity contribution in [3.63, 3.8) is 0 Å². The fourth-order valence-electron chi connectivity index (χ4n) is 2.81. The number of hydrogen-bond acceptors (Lipinski definition) is 5.